The molecule has 1 aliphatic rings. The Morgan fingerprint density at radius 1 is 1.24 bits per heavy atom. The molecule has 0 aliphatic heterocycles. The number of anilines is 1. The average molecular weight is 227 g/mol. The van der Waals surface area contributed by atoms with Gasteiger partial charge in [0.05, 0.1) is 24.1 Å². The van der Waals surface area contributed by atoms with Gasteiger partial charge in [-0.2, -0.15) is 0 Å². The van der Waals surface area contributed by atoms with Crippen LogP contribution < -0.4 is 5.32 Å². The van der Waals surface area contributed by atoms with Crippen LogP contribution in [0.5, 0.6) is 5.75 Å². The summed E-state index contributed by atoms with van der Waals surface area (Å²) in [4.78, 5) is 7.97. The molecule has 0 spiro atoms. The van der Waals surface area contributed by atoms with Crippen molar-refractivity contribution in [1.29, 1.82) is 0 Å². The van der Waals surface area contributed by atoms with Crippen LogP contribution in [0.1, 0.15) is 23.6 Å². The second-order valence-electron chi connectivity index (χ2n) is 4.25. The van der Waals surface area contributed by atoms with Crippen molar-refractivity contribution in [3.8, 4) is 5.75 Å². The third-order valence-electron chi connectivity index (χ3n) is 3.11. The Hall–Kier alpha value is -2.10. The van der Waals surface area contributed by atoms with Gasteiger partial charge in [0.15, 0.2) is 0 Å². The van der Waals surface area contributed by atoms with Gasteiger partial charge < -0.3 is 10.4 Å². The number of aryl methyl sites for hydroxylation is 1. The molecule has 1 atom stereocenters. The lowest BCUT2D eigenvalue weighted by atomic mass is 10.1. The quantitative estimate of drug-likeness (QED) is 0.826. The van der Waals surface area contributed by atoms with Crippen molar-refractivity contribution in [2.45, 2.75) is 18.9 Å². The maximum atomic E-state index is 9.43. The van der Waals surface area contributed by atoms with E-state index >= 15 is 0 Å². The maximum Gasteiger partial charge on any atom is 0.115 e. The molecule has 1 unspecified atom stereocenters. The van der Waals surface area contributed by atoms with E-state index in [0.717, 1.165) is 18.5 Å². The van der Waals surface area contributed by atoms with Gasteiger partial charge in [-0.15, -0.1) is 0 Å². The lowest BCUT2D eigenvalue weighted by Crippen LogP contribution is -2.07. The summed E-state index contributed by atoms with van der Waals surface area (Å²) in [5, 5.41) is 12.8. The van der Waals surface area contributed by atoms with Crippen LogP contribution in [0.4, 0.5) is 5.69 Å². The number of nitrogens with one attached hydrogen (secondary N) is 1. The molecule has 2 aromatic rings. The van der Waals surface area contributed by atoms with Crippen LogP contribution in [0.3, 0.4) is 0 Å². The first-order chi connectivity index (χ1) is 8.33. The molecule has 0 saturated heterocycles. The fraction of sp³-hybridized carbons (Fsp3) is 0.231. The fourth-order valence-electron chi connectivity index (χ4n) is 2.33. The van der Waals surface area contributed by atoms with E-state index < -0.39 is 0 Å². The first-order valence-corrected chi connectivity index (χ1v) is 5.66. The molecule has 0 bridgehead atoms. The molecule has 3 rings (SSSR count). The van der Waals surface area contributed by atoms with E-state index in [1.54, 1.807) is 18.5 Å². The minimum atomic E-state index is 0.289. The lowest BCUT2D eigenvalue weighted by Gasteiger charge is -2.14. The van der Waals surface area contributed by atoms with Crippen LogP contribution in [0.2, 0.25) is 0 Å². The van der Waals surface area contributed by atoms with Crippen molar-refractivity contribution >= 4 is 5.69 Å². The summed E-state index contributed by atoms with van der Waals surface area (Å²) < 4.78 is 0. The largest absolute Gasteiger partial charge is 0.508 e. The van der Waals surface area contributed by atoms with Crippen molar-refractivity contribution in [3.63, 3.8) is 0 Å². The standard InChI is InChI=1S/C13H13N3O/c17-11-2-3-12-9(5-11)1-4-13(12)16-10-6-14-8-15-7-10/h2-3,5-8,13,16-17H,1,4H2. The molecular formula is C13H13N3O. The highest BCUT2D eigenvalue weighted by atomic mass is 16.3. The number of hydrogen-bond acceptors (Lipinski definition) is 4. The number of aromatic hydroxyl groups is 1. The monoisotopic (exact) mass is 227 g/mol. The van der Waals surface area contributed by atoms with E-state index in [4.69, 9.17) is 0 Å². The number of nitrogens with zero attached hydrogens (tertiary/aromatic N) is 2. The summed E-state index contributed by atoms with van der Waals surface area (Å²) in [5.74, 6) is 0.340. The first-order valence-electron chi connectivity index (χ1n) is 5.66. The highest BCUT2D eigenvalue weighted by Gasteiger charge is 2.22. The maximum absolute atomic E-state index is 9.43. The van der Waals surface area contributed by atoms with Crippen molar-refractivity contribution in [2.75, 3.05) is 5.32 Å². The minimum absolute atomic E-state index is 0.289. The summed E-state index contributed by atoms with van der Waals surface area (Å²) >= 11 is 0. The van der Waals surface area contributed by atoms with Gasteiger partial charge in [0.2, 0.25) is 0 Å². The van der Waals surface area contributed by atoms with Crippen molar-refractivity contribution < 1.29 is 5.11 Å². The van der Waals surface area contributed by atoms with Crippen LogP contribution in [-0.2, 0) is 6.42 Å². The number of rotatable bonds is 2. The molecule has 17 heavy (non-hydrogen) atoms. The van der Waals surface area contributed by atoms with E-state index in [1.165, 1.54) is 17.5 Å². The molecule has 1 aromatic heterocycles. The zero-order valence-electron chi connectivity index (χ0n) is 9.30. The molecule has 86 valence electrons. The summed E-state index contributed by atoms with van der Waals surface area (Å²) in [6, 6.07) is 5.86. The SMILES string of the molecule is Oc1ccc2c(c1)CCC2Nc1cncnc1. The number of hydrogen-bond donors (Lipinski definition) is 2. The fourth-order valence-corrected chi connectivity index (χ4v) is 2.33. The van der Waals surface area contributed by atoms with Crippen LogP contribution in [0.25, 0.3) is 0 Å². The van der Waals surface area contributed by atoms with E-state index in [1.807, 2.05) is 12.1 Å². The van der Waals surface area contributed by atoms with E-state index in [-0.39, 0.29) is 6.04 Å². The summed E-state index contributed by atoms with van der Waals surface area (Å²) in [7, 11) is 0. The molecule has 1 aromatic carbocycles. The summed E-state index contributed by atoms with van der Waals surface area (Å²) in [5.41, 5.74) is 3.41. The normalized spacial score (nSPS) is 17.8. The van der Waals surface area contributed by atoms with Crippen molar-refractivity contribution in [2.24, 2.45) is 0 Å². The predicted octanol–water partition coefficient (Wildman–Crippen LogP) is 2.28. The number of benzene rings is 1. The van der Waals surface area contributed by atoms with Gasteiger partial charge in [0.1, 0.15) is 12.1 Å². The Labute approximate surface area is 99.4 Å². The Bertz CT molecular complexity index is 527. The number of fused-ring (bicyclic) bond motifs is 1. The zero-order valence-corrected chi connectivity index (χ0v) is 9.30. The molecule has 0 radical (unpaired) electrons. The van der Waals surface area contributed by atoms with Gasteiger partial charge >= 0.3 is 0 Å². The third-order valence-corrected chi connectivity index (χ3v) is 3.11. The van der Waals surface area contributed by atoms with E-state index in [0.29, 0.717) is 5.75 Å². The second-order valence-corrected chi connectivity index (χ2v) is 4.25. The second kappa shape index (κ2) is 4.05. The van der Waals surface area contributed by atoms with Crippen LogP contribution in [0.15, 0.2) is 36.9 Å². The molecular weight excluding hydrogens is 214 g/mol. The van der Waals surface area contributed by atoms with Crippen molar-refractivity contribution in [3.05, 3.63) is 48.0 Å². The number of aromatic nitrogens is 2. The highest BCUT2D eigenvalue weighted by Crippen LogP contribution is 2.35. The van der Waals surface area contributed by atoms with Gasteiger partial charge in [-0.3, -0.25) is 0 Å². The molecule has 4 nitrogen and oxygen atoms in total. The topological polar surface area (TPSA) is 58.0 Å². The Morgan fingerprint density at radius 2 is 2.06 bits per heavy atom. The number of phenolic OH excluding ortho intramolecular Hbond substituents is 1. The van der Waals surface area contributed by atoms with Crippen LogP contribution in [0, 0.1) is 0 Å². The first kappa shape index (κ1) is 10.1. The van der Waals surface area contributed by atoms with Gasteiger partial charge in [-0.25, -0.2) is 9.97 Å². The molecule has 1 heterocycles. The number of phenols is 1. The average Bonchev–Trinajstić information content (AvgIpc) is 2.73. The Morgan fingerprint density at radius 3 is 2.88 bits per heavy atom. The Kier molecular flexibility index (Phi) is 2.40. The van der Waals surface area contributed by atoms with Gasteiger partial charge in [0.25, 0.3) is 0 Å². The van der Waals surface area contributed by atoms with Gasteiger partial charge in [-0.1, -0.05) is 6.07 Å². The highest BCUT2D eigenvalue weighted by molar-refractivity contribution is 5.47. The van der Waals surface area contributed by atoms with Gasteiger partial charge in [-0.05, 0) is 36.1 Å². The Balaban J connectivity index is 1.85. The summed E-state index contributed by atoms with van der Waals surface area (Å²) in [6.45, 7) is 0. The van der Waals surface area contributed by atoms with Crippen molar-refractivity contribution in [1.82, 2.24) is 9.97 Å². The molecule has 0 fully saturated rings. The molecule has 1 aliphatic carbocycles. The van der Waals surface area contributed by atoms with Crippen LogP contribution in [-0.4, -0.2) is 15.1 Å². The molecule has 2 N–H and O–H groups in total. The summed E-state index contributed by atoms with van der Waals surface area (Å²) in [6.07, 6.45) is 7.09. The predicted molar refractivity (Wildman–Crippen MR) is 64.8 cm³/mol. The molecule has 0 amide bonds. The molecule has 4 heteroatoms. The van der Waals surface area contributed by atoms with Gasteiger partial charge in [0, 0.05) is 0 Å². The van der Waals surface area contributed by atoms with E-state index in [9.17, 15) is 5.11 Å². The minimum Gasteiger partial charge on any atom is -0.508 e. The van der Waals surface area contributed by atoms with E-state index in [2.05, 4.69) is 15.3 Å². The third kappa shape index (κ3) is 1.93. The molecule has 0 saturated carbocycles. The smallest absolute Gasteiger partial charge is 0.115 e. The lowest BCUT2D eigenvalue weighted by molar-refractivity contribution is 0.474. The van der Waals surface area contributed by atoms with Crippen LogP contribution >= 0.6 is 0 Å². The zero-order chi connectivity index (χ0) is 11.7.